The van der Waals surface area contributed by atoms with Crippen LogP contribution in [0.5, 0.6) is 11.5 Å². The van der Waals surface area contributed by atoms with E-state index in [4.69, 9.17) is 9.47 Å². The molecule has 2 aromatic rings. The smallest absolute Gasteiger partial charge is 0.254 e. The van der Waals surface area contributed by atoms with Gasteiger partial charge in [0.25, 0.3) is 5.91 Å². The fourth-order valence-electron chi connectivity index (χ4n) is 3.21. The van der Waals surface area contributed by atoms with E-state index in [-0.39, 0.29) is 5.91 Å². The Morgan fingerprint density at radius 1 is 1.00 bits per heavy atom. The predicted octanol–water partition coefficient (Wildman–Crippen LogP) is 3.05. The fourth-order valence-corrected chi connectivity index (χ4v) is 3.21. The van der Waals surface area contributed by atoms with E-state index in [0.717, 1.165) is 32.7 Å². The van der Waals surface area contributed by atoms with Crippen LogP contribution in [0.3, 0.4) is 0 Å². The molecule has 2 aromatic carbocycles. The van der Waals surface area contributed by atoms with Gasteiger partial charge in [0, 0.05) is 38.3 Å². The Balaban J connectivity index is 1.59. The van der Waals surface area contributed by atoms with Crippen LogP contribution in [0, 0.1) is 0 Å². The summed E-state index contributed by atoms with van der Waals surface area (Å²) in [6.45, 7) is 6.66. The van der Waals surface area contributed by atoms with E-state index < -0.39 is 0 Å². The van der Waals surface area contributed by atoms with Gasteiger partial charge in [-0.2, -0.15) is 0 Å². The Morgan fingerprint density at radius 2 is 1.73 bits per heavy atom. The summed E-state index contributed by atoms with van der Waals surface area (Å²) < 4.78 is 10.9. The van der Waals surface area contributed by atoms with Crippen LogP contribution in [0.15, 0.2) is 48.5 Å². The summed E-state index contributed by atoms with van der Waals surface area (Å²) >= 11 is 0. The molecule has 0 atom stereocenters. The number of carbonyl (C=O) groups excluding carboxylic acids is 1. The normalized spacial score (nSPS) is 14.9. The molecule has 1 aliphatic rings. The molecule has 0 saturated carbocycles. The minimum Gasteiger partial charge on any atom is -0.493 e. The number of rotatable bonds is 6. The van der Waals surface area contributed by atoms with Gasteiger partial charge in [0.15, 0.2) is 11.5 Å². The Morgan fingerprint density at radius 3 is 2.38 bits per heavy atom. The number of benzene rings is 2. The average Bonchev–Trinajstić information content (AvgIpc) is 2.69. The standard InChI is InChI=1S/C21H26N2O3/c1-3-26-19-10-9-18(15-20(19)25-2)21(24)23-13-11-22(12-14-23)16-17-7-5-4-6-8-17/h4-10,15H,3,11-14,16H2,1-2H3. The van der Waals surface area contributed by atoms with E-state index in [2.05, 4.69) is 29.2 Å². The van der Waals surface area contributed by atoms with Crippen molar-refractivity contribution in [3.05, 3.63) is 59.7 Å². The zero-order chi connectivity index (χ0) is 18.4. The van der Waals surface area contributed by atoms with E-state index in [1.54, 1.807) is 19.2 Å². The monoisotopic (exact) mass is 354 g/mol. The molecule has 1 aliphatic heterocycles. The highest BCUT2D eigenvalue weighted by molar-refractivity contribution is 5.95. The van der Waals surface area contributed by atoms with Gasteiger partial charge >= 0.3 is 0 Å². The molecule has 1 fully saturated rings. The first-order chi connectivity index (χ1) is 12.7. The summed E-state index contributed by atoms with van der Waals surface area (Å²) in [5.41, 5.74) is 1.95. The maximum absolute atomic E-state index is 12.8. The third-order valence-electron chi connectivity index (χ3n) is 4.62. The molecule has 0 aromatic heterocycles. The number of nitrogens with zero attached hydrogens (tertiary/aromatic N) is 2. The third-order valence-corrected chi connectivity index (χ3v) is 4.62. The minimum absolute atomic E-state index is 0.0470. The largest absolute Gasteiger partial charge is 0.493 e. The molecule has 1 heterocycles. The maximum atomic E-state index is 12.8. The van der Waals surface area contributed by atoms with Crippen LogP contribution < -0.4 is 9.47 Å². The lowest BCUT2D eigenvalue weighted by Gasteiger charge is -2.34. The summed E-state index contributed by atoms with van der Waals surface area (Å²) in [4.78, 5) is 17.1. The van der Waals surface area contributed by atoms with Gasteiger partial charge in [-0.15, -0.1) is 0 Å². The Hall–Kier alpha value is -2.53. The van der Waals surface area contributed by atoms with Crippen molar-refractivity contribution in [2.45, 2.75) is 13.5 Å². The van der Waals surface area contributed by atoms with Crippen molar-refractivity contribution in [3.8, 4) is 11.5 Å². The highest BCUT2D eigenvalue weighted by Gasteiger charge is 2.23. The van der Waals surface area contributed by atoms with Gasteiger partial charge in [0.2, 0.25) is 0 Å². The summed E-state index contributed by atoms with van der Waals surface area (Å²) in [6.07, 6.45) is 0. The van der Waals surface area contributed by atoms with Crippen molar-refractivity contribution >= 4 is 5.91 Å². The highest BCUT2D eigenvalue weighted by Crippen LogP contribution is 2.28. The van der Waals surface area contributed by atoms with Gasteiger partial charge in [-0.25, -0.2) is 0 Å². The molecule has 5 nitrogen and oxygen atoms in total. The molecular formula is C21H26N2O3. The summed E-state index contributed by atoms with van der Waals surface area (Å²) in [5.74, 6) is 1.31. The van der Waals surface area contributed by atoms with Crippen LogP contribution >= 0.6 is 0 Å². The average molecular weight is 354 g/mol. The predicted molar refractivity (Wildman–Crippen MR) is 102 cm³/mol. The zero-order valence-electron chi connectivity index (χ0n) is 15.5. The molecule has 0 radical (unpaired) electrons. The molecule has 0 spiro atoms. The van der Waals surface area contributed by atoms with Crippen molar-refractivity contribution < 1.29 is 14.3 Å². The van der Waals surface area contributed by atoms with E-state index >= 15 is 0 Å². The fraction of sp³-hybridized carbons (Fsp3) is 0.381. The van der Waals surface area contributed by atoms with Gasteiger partial charge in [-0.3, -0.25) is 9.69 Å². The minimum atomic E-state index is 0.0470. The maximum Gasteiger partial charge on any atom is 0.254 e. The topological polar surface area (TPSA) is 42.0 Å². The second-order valence-corrected chi connectivity index (χ2v) is 6.35. The van der Waals surface area contributed by atoms with Crippen LogP contribution in [-0.2, 0) is 6.54 Å². The second-order valence-electron chi connectivity index (χ2n) is 6.35. The van der Waals surface area contributed by atoms with Gasteiger partial charge < -0.3 is 14.4 Å². The van der Waals surface area contributed by atoms with E-state index in [1.807, 2.05) is 24.0 Å². The van der Waals surface area contributed by atoms with Crippen molar-refractivity contribution in [3.63, 3.8) is 0 Å². The van der Waals surface area contributed by atoms with Crippen molar-refractivity contribution in [1.29, 1.82) is 0 Å². The number of hydrogen-bond acceptors (Lipinski definition) is 4. The number of ether oxygens (including phenoxy) is 2. The van der Waals surface area contributed by atoms with E-state index in [9.17, 15) is 4.79 Å². The van der Waals surface area contributed by atoms with Crippen molar-refractivity contribution in [2.24, 2.45) is 0 Å². The molecule has 0 N–H and O–H groups in total. The molecule has 26 heavy (non-hydrogen) atoms. The number of carbonyl (C=O) groups is 1. The SMILES string of the molecule is CCOc1ccc(C(=O)N2CCN(Cc3ccccc3)CC2)cc1OC. The number of hydrogen-bond donors (Lipinski definition) is 0. The number of amides is 1. The highest BCUT2D eigenvalue weighted by atomic mass is 16.5. The van der Waals surface area contributed by atoms with Crippen molar-refractivity contribution in [2.75, 3.05) is 39.9 Å². The molecule has 5 heteroatoms. The molecule has 0 unspecified atom stereocenters. The van der Waals surface area contributed by atoms with Crippen LogP contribution in [0.1, 0.15) is 22.8 Å². The lowest BCUT2D eigenvalue weighted by molar-refractivity contribution is 0.0628. The van der Waals surface area contributed by atoms with Crippen LogP contribution in [-0.4, -0.2) is 55.6 Å². The van der Waals surface area contributed by atoms with E-state index in [0.29, 0.717) is 23.7 Å². The summed E-state index contributed by atoms with van der Waals surface area (Å²) in [7, 11) is 1.59. The summed E-state index contributed by atoms with van der Waals surface area (Å²) in [6, 6.07) is 15.8. The van der Waals surface area contributed by atoms with Gasteiger partial charge in [-0.1, -0.05) is 30.3 Å². The quantitative estimate of drug-likeness (QED) is 0.800. The first kappa shape index (κ1) is 18.3. The van der Waals surface area contributed by atoms with Gasteiger partial charge in [0.05, 0.1) is 13.7 Å². The van der Waals surface area contributed by atoms with Crippen LogP contribution in [0.4, 0.5) is 0 Å². The number of piperazine rings is 1. The number of methoxy groups -OCH3 is 1. The molecule has 1 amide bonds. The Bertz CT molecular complexity index is 725. The van der Waals surface area contributed by atoms with Crippen LogP contribution in [0.25, 0.3) is 0 Å². The zero-order valence-corrected chi connectivity index (χ0v) is 15.5. The van der Waals surface area contributed by atoms with Crippen molar-refractivity contribution in [1.82, 2.24) is 9.80 Å². The van der Waals surface area contributed by atoms with E-state index in [1.165, 1.54) is 5.56 Å². The molecule has 0 bridgehead atoms. The first-order valence-corrected chi connectivity index (χ1v) is 9.07. The molecule has 3 rings (SSSR count). The van der Waals surface area contributed by atoms with Gasteiger partial charge in [-0.05, 0) is 30.7 Å². The Labute approximate surface area is 155 Å². The molecule has 1 saturated heterocycles. The van der Waals surface area contributed by atoms with Crippen LogP contribution in [0.2, 0.25) is 0 Å². The first-order valence-electron chi connectivity index (χ1n) is 9.07. The van der Waals surface area contributed by atoms with Gasteiger partial charge in [0.1, 0.15) is 0 Å². The second kappa shape index (κ2) is 8.72. The molecular weight excluding hydrogens is 328 g/mol. The molecule has 0 aliphatic carbocycles. The lowest BCUT2D eigenvalue weighted by atomic mass is 10.1. The summed E-state index contributed by atoms with van der Waals surface area (Å²) in [5, 5.41) is 0. The lowest BCUT2D eigenvalue weighted by Crippen LogP contribution is -2.48. The third kappa shape index (κ3) is 4.35. The Kier molecular flexibility index (Phi) is 6.12. The molecule has 138 valence electrons.